The van der Waals surface area contributed by atoms with Crippen LogP contribution in [0.4, 0.5) is 0 Å². The summed E-state index contributed by atoms with van der Waals surface area (Å²) in [6.07, 6.45) is 6.84. The quantitative estimate of drug-likeness (QED) is 0.174. The molecule has 3 nitrogen and oxygen atoms in total. The van der Waals surface area contributed by atoms with Crippen LogP contribution in [0.5, 0.6) is 0 Å². The van der Waals surface area contributed by atoms with Gasteiger partial charge in [0.05, 0.1) is 22.5 Å². The number of hydrogen-bond acceptors (Lipinski definition) is 3. The second kappa shape index (κ2) is 10.2. The third kappa shape index (κ3) is 5.99. The normalized spacial score (nSPS) is 18.7. The Bertz CT molecular complexity index is 850. The minimum absolute atomic E-state index is 0.127. The second-order valence-electron chi connectivity index (χ2n) is 10.1. The smallest absolute Gasteiger partial charge is 0.403 e. The maximum atomic E-state index is 6.16. The highest BCUT2D eigenvalue weighted by atomic mass is 16.7. The van der Waals surface area contributed by atoms with Gasteiger partial charge in [-0.05, 0) is 53.8 Å². The van der Waals surface area contributed by atoms with Gasteiger partial charge >= 0.3 is 7.12 Å². The van der Waals surface area contributed by atoms with Gasteiger partial charge in [0.2, 0.25) is 0 Å². The van der Waals surface area contributed by atoms with Crippen molar-refractivity contribution in [1.82, 2.24) is 0 Å². The number of aliphatic imine (C=N–C) groups is 1. The molecule has 0 amide bonds. The Labute approximate surface area is 195 Å². The van der Waals surface area contributed by atoms with E-state index in [9.17, 15) is 0 Å². The zero-order chi connectivity index (χ0) is 23.2. The molecule has 3 rings (SSSR count). The minimum atomic E-state index is -0.264. The van der Waals surface area contributed by atoms with E-state index in [2.05, 4.69) is 89.7 Å². The molecule has 32 heavy (non-hydrogen) atoms. The van der Waals surface area contributed by atoms with E-state index in [-0.39, 0.29) is 23.9 Å². The molecule has 1 aliphatic rings. The van der Waals surface area contributed by atoms with Gasteiger partial charge in [-0.15, -0.1) is 6.58 Å². The molecule has 0 aromatic heterocycles. The van der Waals surface area contributed by atoms with E-state index in [4.69, 9.17) is 14.3 Å². The van der Waals surface area contributed by atoms with Crippen molar-refractivity contribution < 1.29 is 9.31 Å². The molecule has 2 aromatic carbocycles. The van der Waals surface area contributed by atoms with Crippen molar-refractivity contribution >= 4 is 12.8 Å². The van der Waals surface area contributed by atoms with Crippen molar-refractivity contribution in [3.8, 4) is 0 Å². The Morgan fingerprint density at radius 3 is 1.88 bits per heavy atom. The van der Waals surface area contributed by atoms with Crippen molar-refractivity contribution in [3.05, 3.63) is 84.4 Å². The van der Waals surface area contributed by atoms with Crippen molar-refractivity contribution in [2.24, 2.45) is 4.99 Å². The molecule has 0 N–H and O–H groups in total. The fourth-order valence-electron chi connectivity index (χ4n) is 4.17. The predicted octanol–water partition coefficient (Wildman–Crippen LogP) is 7.12. The van der Waals surface area contributed by atoms with E-state index < -0.39 is 0 Å². The molecule has 1 aliphatic heterocycles. The van der Waals surface area contributed by atoms with E-state index >= 15 is 0 Å². The maximum absolute atomic E-state index is 6.16. The molecule has 0 aliphatic carbocycles. The first-order chi connectivity index (χ1) is 15.2. The maximum Gasteiger partial charge on any atom is 0.457 e. The second-order valence-corrected chi connectivity index (χ2v) is 10.1. The zero-order valence-corrected chi connectivity index (χ0v) is 20.4. The molecule has 170 valence electrons. The van der Waals surface area contributed by atoms with Gasteiger partial charge in [-0.2, -0.15) is 0 Å². The van der Waals surface area contributed by atoms with Crippen LogP contribution in [-0.4, -0.2) is 29.6 Å². The standard InChI is InChI=1S/C28H38BNO2/c1-7-20-28(6,21-14-15-22-29-31-26(2,3)27(4,5)32-29)30-25(23-16-10-8-11-17-23)24-18-12-9-13-19-24/h7-13,16-19H,1,14-15,20-22H2,2-6H3. The van der Waals surface area contributed by atoms with Crippen LogP contribution in [0.3, 0.4) is 0 Å². The fourth-order valence-corrected chi connectivity index (χ4v) is 4.17. The van der Waals surface area contributed by atoms with Gasteiger partial charge in [-0.1, -0.05) is 79.6 Å². The van der Waals surface area contributed by atoms with Crippen molar-refractivity contribution in [1.29, 1.82) is 0 Å². The number of hydrogen-bond donors (Lipinski definition) is 0. The van der Waals surface area contributed by atoms with Gasteiger partial charge in [0.1, 0.15) is 0 Å². The first kappa shape index (κ1) is 24.5. The highest BCUT2D eigenvalue weighted by Gasteiger charge is 2.50. The summed E-state index contributed by atoms with van der Waals surface area (Å²) in [5, 5.41) is 0. The van der Waals surface area contributed by atoms with Gasteiger partial charge < -0.3 is 9.31 Å². The third-order valence-corrected chi connectivity index (χ3v) is 6.77. The molecule has 0 radical (unpaired) electrons. The predicted molar refractivity (Wildman–Crippen MR) is 136 cm³/mol. The van der Waals surface area contributed by atoms with Crippen molar-refractivity contribution in [2.45, 2.75) is 83.4 Å². The van der Waals surface area contributed by atoms with Crippen LogP contribution in [0.15, 0.2) is 78.3 Å². The monoisotopic (exact) mass is 431 g/mol. The Morgan fingerprint density at radius 2 is 1.41 bits per heavy atom. The summed E-state index contributed by atoms with van der Waals surface area (Å²) >= 11 is 0. The number of unbranched alkanes of at least 4 members (excludes halogenated alkanes) is 1. The van der Waals surface area contributed by atoms with Crippen molar-refractivity contribution in [2.75, 3.05) is 0 Å². The molecule has 2 aromatic rings. The van der Waals surface area contributed by atoms with Gasteiger partial charge in [0, 0.05) is 11.1 Å². The van der Waals surface area contributed by atoms with E-state index in [1.54, 1.807) is 0 Å². The first-order valence-corrected chi connectivity index (χ1v) is 11.8. The Balaban J connectivity index is 1.72. The molecule has 0 bridgehead atoms. The molecular weight excluding hydrogens is 393 g/mol. The van der Waals surface area contributed by atoms with E-state index in [0.717, 1.165) is 48.8 Å². The zero-order valence-electron chi connectivity index (χ0n) is 20.4. The highest BCUT2D eigenvalue weighted by Crippen LogP contribution is 2.38. The van der Waals surface area contributed by atoms with Gasteiger partial charge in [0.25, 0.3) is 0 Å². The topological polar surface area (TPSA) is 30.8 Å². The molecule has 0 saturated carbocycles. The summed E-state index contributed by atoms with van der Waals surface area (Å²) in [4.78, 5) is 5.34. The average molecular weight is 431 g/mol. The molecular formula is C28H38BNO2. The lowest BCUT2D eigenvalue weighted by Crippen LogP contribution is -2.41. The van der Waals surface area contributed by atoms with E-state index in [1.165, 1.54) is 0 Å². The molecule has 4 heteroatoms. The molecule has 0 spiro atoms. The van der Waals surface area contributed by atoms with Crippen LogP contribution < -0.4 is 0 Å². The first-order valence-electron chi connectivity index (χ1n) is 11.8. The van der Waals surface area contributed by atoms with Crippen LogP contribution in [-0.2, 0) is 9.31 Å². The SMILES string of the molecule is C=CCC(C)(CCCCB1OC(C)(C)C(C)(C)O1)N=C(c1ccccc1)c1ccccc1. The van der Waals surface area contributed by atoms with Gasteiger partial charge in [-0.3, -0.25) is 4.99 Å². The summed E-state index contributed by atoms with van der Waals surface area (Å²) < 4.78 is 12.3. The average Bonchev–Trinajstić information content (AvgIpc) is 2.97. The van der Waals surface area contributed by atoms with Crippen LogP contribution in [0, 0.1) is 0 Å². The van der Waals surface area contributed by atoms with Crippen LogP contribution in [0.2, 0.25) is 6.32 Å². The lowest BCUT2D eigenvalue weighted by Gasteiger charge is -2.32. The van der Waals surface area contributed by atoms with Crippen LogP contribution in [0.1, 0.15) is 71.4 Å². The largest absolute Gasteiger partial charge is 0.457 e. The summed E-state index contributed by atoms with van der Waals surface area (Å²) in [5.74, 6) is 0. The van der Waals surface area contributed by atoms with Crippen LogP contribution >= 0.6 is 0 Å². The lowest BCUT2D eigenvalue weighted by molar-refractivity contribution is 0.00578. The summed E-state index contributed by atoms with van der Waals surface area (Å²) in [6.45, 7) is 14.7. The Morgan fingerprint density at radius 1 is 0.906 bits per heavy atom. The highest BCUT2D eigenvalue weighted by molar-refractivity contribution is 6.45. The van der Waals surface area contributed by atoms with Gasteiger partial charge in [-0.25, -0.2) is 0 Å². The Hall–Kier alpha value is -2.17. The third-order valence-electron chi connectivity index (χ3n) is 6.77. The van der Waals surface area contributed by atoms with E-state index in [0.29, 0.717) is 0 Å². The van der Waals surface area contributed by atoms with Crippen LogP contribution in [0.25, 0.3) is 0 Å². The van der Waals surface area contributed by atoms with Crippen molar-refractivity contribution in [3.63, 3.8) is 0 Å². The summed E-state index contributed by atoms with van der Waals surface area (Å²) in [7, 11) is -0.127. The van der Waals surface area contributed by atoms with Gasteiger partial charge in [0.15, 0.2) is 0 Å². The summed E-state index contributed by atoms with van der Waals surface area (Å²) in [5.41, 5.74) is 2.59. The fraction of sp³-hybridized carbons (Fsp3) is 0.464. The Kier molecular flexibility index (Phi) is 7.79. The van der Waals surface area contributed by atoms with E-state index in [1.807, 2.05) is 18.2 Å². The molecule has 1 saturated heterocycles. The number of rotatable bonds is 10. The molecule has 1 fully saturated rings. The minimum Gasteiger partial charge on any atom is -0.403 e. The lowest BCUT2D eigenvalue weighted by atomic mass is 9.80. The molecule has 1 heterocycles. The number of nitrogens with zero attached hydrogens (tertiary/aromatic N) is 1. The molecule has 1 atom stereocenters. The summed E-state index contributed by atoms with van der Waals surface area (Å²) in [6, 6.07) is 20.9. The molecule has 1 unspecified atom stereocenters. The number of benzene rings is 2.